The highest BCUT2D eigenvalue weighted by atomic mass is 32.2. The summed E-state index contributed by atoms with van der Waals surface area (Å²) in [6.07, 6.45) is 3.79. The van der Waals surface area contributed by atoms with Crippen molar-refractivity contribution in [2.45, 2.75) is 38.4 Å². The van der Waals surface area contributed by atoms with Crippen molar-refractivity contribution in [2.24, 2.45) is 5.92 Å². The number of carbonyl (C=O) groups is 1. The molecule has 1 aromatic rings. The van der Waals surface area contributed by atoms with E-state index in [1.165, 1.54) is 6.07 Å². The minimum absolute atomic E-state index is 0.0840. The van der Waals surface area contributed by atoms with Gasteiger partial charge in [0.1, 0.15) is 0 Å². The number of hydrogen-bond donors (Lipinski definition) is 1. The fraction of sp³-hybridized carbons (Fsp3) is 0.583. The van der Waals surface area contributed by atoms with Gasteiger partial charge < -0.3 is 9.67 Å². The molecule has 5 nitrogen and oxygen atoms in total. The molecule has 0 atom stereocenters. The summed E-state index contributed by atoms with van der Waals surface area (Å²) in [5, 5.41) is 9.16. The highest BCUT2D eigenvalue weighted by molar-refractivity contribution is 7.99. The number of aromatic nitrogens is 2. The van der Waals surface area contributed by atoms with Gasteiger partial charge in [0.15, 0.2) is 5.16 Å². The van der Waals surface area contributed by atoms with E-state index in [2.05, 4.69) is 18.8 Å². The molecule has 0 aliphatic rings. The molecule has 0 aromatic carbocycles. The van der Waals surface area contributed by atoms with Crippen LogP contribution < -0.4 is 5.56 Å². The number of carboxylic acid groups (broad SMARTS) is 1. The first-order valence-corrected chi connectivity index (χ1v) is 6.97. The summed E-state index contributed by atoms with van der Waals surface area (Å²) < 4.78 is 1.87. The minimum Gasteiger partial charge on any atom is -0.481 e. The van der Waals surface area contributed by atoms with Gasteiger partial charge in [-0.3, -0.25) is 9.59 Å². The number of aliphatic carboxylic acids is 1. The van der Waals surface area contributed by atoms with Crippen LogP contribution in [0.4, 0.5) is 0 Å². The first kappa shape index (κ1) is 14.8. The Kier molecular flexibility index (Phi) is 5.91. The average molecular weight is 270 g/mol. The molecule has 0 unspecified atom stereocenters. The van der Waals surface area contributed by atoms with E-state index >= 15 is 0 Å². The third kappa shape index (κ3) is 4.52. The van der Waals surface area contributed by atoms with E-state index in [4.69, 9.17) is 5.11 Å². The summed E-state index contributed by atoms with van der Waals surface area (Å²) in [5.41, 5.74) is -0.330. The van der Waals surface area contributed by atoms with Crippen LogP contribution in [0.5, 0.6) is 0 Å². The van der Waals surface area contributed by atoms with Crippen molar-refractivity contribution in [1.82, 2.24) is 9.55 Å². The number of rotatable bonds is 7. The van der Waals surface area contributed by atoms with Gasteiger partial charge in [0.2, 0.25) is 0 Å². The van der Waals surface area contributed by atoms with Crippen LogP contribution in [-0.4, -0.2) is 26.4 Å². The Bertz CT molecular complexity index is 455. The maximum absolute atomic E-state index is 11.2. The van der Waals surface area contributed by atoms with Crippen LogP contribution in [-0.2, 0) is 11.3 Å². The van der Waals surface area contributed by atoms with E-state index in [1.54, 1.807) is 6.20 Å². The first-order chi connectivity index (χ1) is 8.56. The van der Waals surface area contributed by atoms with E-state index in [1.807, 2.05) is 4.57 Å². The molecule has 0 fully saturated rings. The van der Waals surface area contributed by atoms with Gasteiger partial charge in [0.05, 0.1) is 5.75 Å². The number of hydrogen-bond acceptors (Lipinski definition) is 4. The van der Waals surface area contributed by atoms with Crippen molar-refractivity contribution in [3.05, 3.63) is 22.6 Å². The van der Waals surface area contributed by atoms with Crippen molar-refractivity contribution in [3.63, 3.8) is 0 Å². The zero-order valence-electron chi connectivity index (χ0n) is 10.6. The molecule has 1 rings (SSSR count). The molecule has 0 aliphatic heterocycles. The largest absolute Gasteiger partial charge is 0.481 e. The van der Waals surface area contributed by atoms with Gasteiger partial charge in [0, 0.05) is 18.8 Å². The first-order valence-electron chi connectivity index (χ1n) is 5.98. The van der Waals surface area contributed by atoms with Crippen molar-refractivity contribution in [3.8, 4) is 0 Å². The number of thioether (sulfide) groups is 1. The van der Waals surface area contributed by atoms with Gasteiger partial charge in [-0.15, -0.1) is 0 Å². The van der Waals surface area contributed by atoms with Crippen molar-refractivity contribution in [2.75, 3.05) is 5.75 Å². The van der Waals surface area contributed by atoms with E-state index in [9.17, 15) is 9.59 Å². The van der Waals surface area contributed by atoms with Crippen molar-refractivity contribution < 1.29 is 9.90 Å². The van der Waals surface area contributed by atoms with Crippen LogP contribution in [0.2, 0.25) is 0 Å². The predicted octanol–water partition coefficient (Wildman–Crippen LogP) is 1.86. The maximum atomic E-state index is 11.2. The molecule has 0 aliphatic carbocycles. The molecule has 1 N–H and O–H groups in total. The molecule has 0 amide bonds. The average Bonchev–Trinajstić information content (AvgIpc) is 2.35. The Hall–Kier alpha value is -1.30. The predicted molar refractivity (Wildman–Crippen MR) is 70.9 cm³/mol. The van der Waals surface area contributed by atoms with Crippen LogP contribution in [0.15, 0.2) is 22.2 Å². The van der Waals surface area contributed by atoms with Gasteiger partial charge >= 0.3 is 5.97 Å². The van der Waals surface area contributed by atoms with Gasteiger partial charge in [-0.05, 0) is 5.92 Å². The molecule has 0 saturated carbocycles. The second kappa shape index (κ2) is 7.20. The zero-order valence-corrected chi connectivity index (χ0v) is 11.4. The van der Waals surface area contributed by atoms with E-state index in [0.29, 0.717) is 11.1 Å². The lowest BCUT2D eigenvalue weighted by atomic mass is 10.0. The molecule has 0 bridgehead atoms. The summed E-state index contributed by atoms with van der Waals surface area (Å²) in [6, 6.07) is 1.41. The van der Waals surface area contributed by atoms with E-state index in [-0.39, 0.29) is 11.3 Å². The Balaban J connectivity index is 2.88. The number of nitrogens with zero attached hydrogens (tertiary/aromatic N) is 2. The fourth-order valence-corrected chi connectivity index (χ4v) is 2.33. The zero-order chi connectivity index (χ0) is 13.5. The molecule has 6 heteroatoms. The fourth-order valence-electron chi connectivity index (χ4n) is 1.62. The lowest BCUT2D eigenvalue weighted by molar-refractivity contribution is -0.133. The third-order valence-electron chi connectivity index (χ3n) is 2.78. The molecular weight excluding hydrogens is 252 g/mol. The summed E-state index contributed by atoms with van der Waals surface area (Å²) >= 11 is 1.08. The lowest BCUT2D eigenvalue weighted by Crippen LogP contribution is -2.17. The SMILES string of the molecule is CCC(CC)Cn1ccc(=O)nc1SCC(=O)O. The highest BCUT2D eigenvalue weighted by Crippen LogP contribution is 2.17. The minimum atomic E-state index is -0.910. The standard InChI is InChI=1S/C12H18N2O3S/c1-3-9(4-2)7-14-6-5-10(15)13-12(14)18-8-11(16)17/h5-6,9H,3-4,7-8H2,1-2H3,(H,16,17). The van der Waals surface area contributed by atoms with Crippen LogP contribution in [0, 0.1) is 5.92 Å². The Labute approximate surface area is 110 Å². The Morgan fingerprint density at radius 3 is 2.72 bits per heavy atom. The molecular formula is C12H18N2O3S. The molecule has 0 spiro atoms. The normalized spacial score (nSPS) is 10.8. The van der Waals surface area contributed by atoms with Gasteiger partial charge in [-0.25, -0.2) is 0 Å². The molecule has 18 heavy (non-hydrogen) atoms. The molecule has 1 aromatic heterocycles. The lowest BCUT2D eigenvalue weighted by Gasteiger charge is -2.17. The summed E-state index contributed by atoms with van der Waals surface area (Å²) in [6.45, 7) is 5.00. The Morgan fingerprint density at radius 2 is 2.17 bits per heavy atom. The Morgan fingerprint density at radius 1 is 1.50 bits per heavy atom. The third-order valence-corrected chi connectivity index (χ3v) is 3.76. The topological polar surface area (TPSA) is 72.2 Å². The van der Waals surface area contributed by atoms with E-state index in [0.717, 1.165) is 31.1 Å². The molecule has 100 valence electrons. The monoisotopic (exact) mass is 270 g/mol. The summed E-state index contributed by atoms with van der Waals surface area (Å²) in [7, 11) is 0. The van der Waals surface area contributed by atoms with Crippen LogP contribution in [0.3, 0.4) is 0 Å². The summed E-state index contributed by atoms with van der Waals surface area (Å²) in [4.78, 5) is 25.7. The highest BCUT2D eigenvalue weighted by Gasteiger charge is 2.10. The van der Waals surface area contributed by atoms with Crippen molar-refractivity contribution in [1.29, 1.82) is 0 Å². The quantitative estimate of drug-likeness (QED) is 0.605. The van der Waals surface area contributed by atoms with Crippen LogP contribution in [0.1, 0.15) is 26.7 Å². The van der Waals surface area contributed by atoms with Gasteiger partial charge in [-0.2, -0.15) is 4.98 Å². The summed E-state index contributed by atoms with van der Waals surface area (Å²) in [5.74, 6) is -0.481. The molecule has 1 heterocycles. The second-order valence-corrected chi connectivity index (χ2v) is 5.01. The van der Waals surface area contributed by atoms with Crippen LogP contribution >= 0.6 is 11.8 Å². The number of carboxylic acids is 1. The second-order valence-electron chi connectivity index (χ2n) is 4.07. The van der Waals surface area contributed by atoms with Gasteiger partial charge in [-0.1, -0.05) is 38.5 Å². The maximum Gasteiger partial charge on any atom is 0.313 e. The molecule has 0 radical (unpaired) electrons. The van der Waals surface area contributed by atoms with Crippen LogP contribution in [0.25, 0.3) is 0 Å². The molecule has 0 saturated heterocycles. The van der Waals surface area contributed by atoms with Crippen molar-refractivity contribution >= 4 is 17.7 Å². The van der Waals surface area contributed by atoms with E-state index < -0.39 is 5.97 Å². The smallest absolute Gasteiger partial charge is 0.313 e. The van der Waals surface area contributed by atoms with Gasteiger partial charge in [0.25, 0.3) is 5.56 Å².